The molecule has 0 heterocycles. The minimum Gasteiger partial charge on any atom is -0.462 e. The van der Waals surface area contributed by atoms with Gasteiger partial charge in [-0.25, -0.2) is 4.57 Å². The summed E-state index contributed by atoms with van der Waals surface area (Å²) in [5.74, 6) is -0.915. The third-order valence-electron chi connectivity index (χ3n) is 7.74. The molecule has 3 atom stereocenters. The van der Waals surface area contributed by atoms with Gasteiger partial charge in [-0.3, -0.25) is 18.6 Å². The van der Waals surface area contributed by atoms with Gasteiger partial charge in [0.1, 0.15) is 6.61 Å². The van der Waals surface area contributed by atoms with E-state index in [1.54, 1.807) is 0 Å². The topological polar surface area (TPSA) is 155 Å². The Morgan fingerprint density at radius 3 is 1.72 bits per heavy atom. The molecule has 10 nitrogen and oxygen atoms in total. The highest BCUT2D eigenvalue weighted by molar-refractivity contribution is 7.47. The van der Waals surface area contributed by atoms with Crippen molar-refractivity contribution in [3.05, 3.63) is 48.6 Å². The number of phosphoric acid groups is 1. The van der Waals surface area contributed by atoms with Crippen molar-refractivity contribution in [2.24, 2.45) is 5.73 Å². The fourth-order valence-corrected chi connectivity index (χ4v) is 5.64. The number of ether oxygens (including phenoxy) is 2. The van der Waals surface area contributed by atoms with Crippen LogP contribution in [0.1, 0.15) is 149 Å². The number of allylic oxidation sites excluding steroid dienone is 8. The molecule has 4 N–H and O–H groups in total. The minimum absolute atomic E-state index is 0.0405. The Morgan fingerprint density at radius 2 is 1.18 bits per heavy atom. The lowest BCUT2D eigenvalue weighted by Crippen LogP contribution is -2.29. The lowest BCUT2D eigenvalue weighted by molar-refractivity contribution is -0.161. The molecule has 0 fully saturated rings. The second-order valence-corrected chi connectivity index (χ2v) is 14.2. The van der Waals surface area contributed by atoms with Gasteiger partial charge in [-0.2, -0.15) is 0 Å². The van der Waals surface area contributed by atoms with Crippen molar-refractivity contribution in [3.8, 4) is 0 Å². The van der Waals surface area contributed by atoms with Crippen LogP contribution in [0.2, 0.25) is 0 Å². The summed E-state index contributed by atoms with van der Waals surface area (Å²) in [5.41, 5.74) is 5.32. The van der Waals surface area contributed by atoms with Crippen LogP contribution >= 0.6 is 7.82 Å². The smallest absolute Gasteiger partial charge is 0.462 e. The molecule has 0 bridgehead atoms. The number of unbranched alkanes of at least 4 members (excludes halogenated alkanes) is 12. The van der Waals surface area contributed by atoms with E-state index >= 15 is 0 Å². The quantitative estimate of drug-likeness (QED) is 0.0249. The lowest BCUT2D eigenvalue weighted by atomic mass is 10.1. The number of rotatable bonds is 35. The molecule has 50 heavy (non-hydrogen) atoms. The van der Waals surface area contributed by atoms with Crippen molar-refractivity contribution in [2.75, 3.05) is 26.4 Å². The molecule has 290 valence electrons. The zero-order chi connectivity index (χ0) is 37.0. The van der Waals surface area contributed by atoms with E-state index in [0.29, 0.717) is 12.8 Å². The molecule has 11 heteroatoms. The number of hydrogen-bond acceptors (Lipinski definition) is 9. The van der Waals surface area contributed by atoms with E-state index in [0.717, 1.165) is 64.2 Å². The zero-order valence-corrected chi connectivity index (χ0v) is 32.1. The van der Waals surface area contributed by atoms with E-state index in [9.17, 15) is 24.2 Å². The molecular formula is C39H70NO9P. The maximum Gasteiger partial charge on any atom is 0.472 e. The molecule has 0 aliphatic rings. The standard InChI is InChI=1S/C39H70NO9P/c1-3-4-5-6-7-8-14-19-22-25-28-31-39(43)49-37(35-48-50(44,45)47-33-32-40)34-46-38(42)30-27-24-21-18-16-13-11-9-10-12-15-17-20-23-26-29-36(2)41/h10-13,17-18,20-21,36-37,41H,3-9,14-16,19,22-35,40H2,1-2H3,(H,44,45)/b12-10-,13-11-,20-17-,21-18-/t36-,37-/m1/s1. The van der Waals surface area contributed by atoms with Gasteiger partial charge in [0.25, 0.3) is 0 Å². The van der Waals surface area contributed by atoms with Crippen LogP contribution < -0.4 is 5.73 Å². The molecule has 0 amide bonds. The average Bonchev–Trinajstić information content (AvgIpc) is 3.08. The van der Waals surface area contributed by atoms with Gasteiger partial charge in [-0.15, -0.1) is 0 Å². The summed E-state index contributed by atoms with van der Waals surface area (Å²) in [6.07, 6.45) is 35.7. The molecule has 0 radical (unpaired) electrons. The number of carbonyl (C=O) groups is 2. The molecular weight excluding hydrogens is 657 g/mol. The average molecular weight is 728 g/mol. The second-order valence-electron chi connectivity index (χ2n) is 12.7. The van der Waals surface area contributed by atoms with E-state index in [4.69, 9.17) is 24.3 Å². The van der Waals surface area contributed by atoms with Gasteiger partial charge in [0.15, 0.2) is 6.10 Å². The van der Waals surface area contributed by atoms with Crippen LogP contribution in [0.5, 0.6) is 0 Å². The van der Waals surface area contributed by atoms with Crippen LogP contribution in [-0.2, 0) is 32.7 Å². The first-order valence-corrected chi connectivity index (χ1v) is 20.6. The van der Waals surface area contributed by atoms with E-state index in [1.807, 2.05) is 13.0 Å². The number of carbonyl (C=O) groups excluding carboxylic acids is 2. The zero-order valence-electron chi connectivity index (χ0n) is 31.2. The molecule has 0 saturated carbocycles. The fraction of sp³-hybridized carbons (Fsp3) is 0.744. The van der Waals surface area contributed by atoms with Gasteiger partial charge in [0, 0.05) is 19.4 Å². The predicted octanol–water partition coefficient (Wildman–Crippen LogP) is 9.35. The monoisotopic (exact) mass is 727 g/mol. The summed E-state index contributed by atoms with van der Waals surface area (Å²) in [4.78, 5) is 34.6. The lowest BCUT2D eigenvalue weighted by Gasteiger charge is -2.19. The van der Waals surface area contributed by atoms with Crippen LogP contribution in [0.3, 0.4) is 0 Å². The van der Waals surface area contributed by atoms with E-state index in [2.05, 4.69) is 49.5 Å². The van der Waals surface area contributed by atoms with Crippen molar-refractivity contribution in [3.63, 3.8) is 0 Å². The van der Waals surface area contributed by atoms with Gasteiger partial charge in [0.05, 0.1) is 19.3 Å². The Morgan fingerprint density at radius 1 is 0.680 bits per heavy atom. The highest BCUT2D eigenvalue weighted by atomic mass is 31.2. The SMILES string of the molecule is CCCCCCCCCCCCCC(=O)O[C@H](COC(=O)CCC/C=C\C/C=C\C/C=C\C/C=C\CCC[C@@H](C)O)COP(=O)(O)OCCN. The van der Waals surface area contributed by atoms with E-state index in [-0.39, 0.29) is 38.7 Å². The molecule has 0 aromatic heterocycles. The number of hydrogen-bond donors (Lipinski definition) is 3. The van der Waals surface area contributed by atoms with Crippen molar-refractivity contribution in [2.45, 2.75) is 161 Å². The van der Waals surface area contributed by atoms with Crippen molar-refractivity contribution >= 4 is 19.8 Å². The molecule has 0 aliphatic heterocycles. The largest absolute Gasteiger partial charge is 0.472 e. The highest BCUT2D eigenvalue weighted by Crippen LogP contribution is 2.43. The second kappa shape index (κ2) is 35.3. The van der Waals surface area contributed by atoms with Gasteiger partial charge in [-0.05, 0) is 64.7 Å². The highest BCUT2D eigenvalue weighted by Gasteiger charge is 2.25. The number of esters is 2. The maximum absolute atomic E-state index is 12.5. The third kappa shape index (κ3) is 35.7. The number of aliphatic hydroxyl groups is 1. The Labute approximate surface area is 303 Å². The Bertz CT molecular complexity index is 981. The van der Waals surface area contributed by atoms with Crippen LogP contribution in [0.15, 0.2) is 48.6 Å². The van der Waals surface area contributed by atoms with Crippen molar-refractivity contribution in [1.29, 1.82) is 0 Å². The molecule has 0 aromatic carbocycles. The van der Waals surface area contributed by atoms with E-state index < -0.39 is 32.5 Å². The molecule has 0 spiro atoms. The fourth-order valence-electron chi connectivity index (χ4n) is 4.88. The van der Waals surface area contributed by atoms with Crippen LogP contribution in [0, 0.1) is 0 Å². The Hall–Kier alpha value is -2.07. The predicted molar refractivity (Wildman–Crippen MR) is 202 cm³/mol. The molecule has 0 aromatic rings. The van der Waals surface area contributed by atoms with Crippen molar-refractivity contribution in [1.82, 2.24) is 0 Å². The Balaban J connectivity index is 4.31. The summed E-state index contributed by atoms with van der Waals surface area (Å²) >= 11 is 0. The Kier molecular flexibility index (Phi) is 33.9. The first-order valence-electron chi connectivity index (χ1n) is 19.1. The molecule has 1 unspecified atom stereocenters. The molecule has 0 aliphatic carbocycles. The summed E-state index contributed by atoms with van der Waals surface area (Å²) < 4.78 is 32.5. The van der Waals surface area contributed by atoms with Gasteiger partial charge < -0.3 is 25.2 Å². The minimum atomic E-state index is -4.39. The summed E-state index contributed by atoms with van der Waals surface area (Å²) in [6, 6.07) is 0. The van der Waals surface area contributed by atoms with Gasteiger partial charge in [-0.1, -0.05) is 120 Å². The third-order valence-corrected chi connectivity index (χ3v) is 8.72. The first-order chi connectivity index (χ1) is 24.2. The summed E-state index contributed by atoms with van der Waals surface area (Å²) in [6.45, 7) is 3.18. The van der Waals surface area contributed by atoms with Crippen LogP contribution in [0.4, 0.5) is 0 Å². The number of aliphatic hydroxyl groups excluding tert-OH is 1. The normalized spacial score (nSPS) is 14.6. The van der Waals surface area contributed by atoms with Crippen LogP contribution in [0.25, 0.3) is 0 Å². The number of nitrogens with two attached hydrogens (primary N) is 1. The first kappa shape index (κ1) is 47.9. The molecule has 0 saturated heterocycles. The maximum atomic E-state index is 12.5. The molecule has 0 rings (SSSR count). The number of phosphoric ester groups is 1. The van der Waals surface area contributed by atoms with Crippen LogP contribution in [-0.4, -0.2) is 60.5 Å². The van der Waals surface area contributed by atoms with Gasteiger partial charge >= 0.3 is 19.8 Å². The summed E-state index contributed by atoms with van der Waals surface area (Å²) in [7, 11) is -4.39. The summed E-state index contributed by atoms with van der Waals surface area (Å²) in [5, 5.41) is 9.25. The van der Waals surface area contributed by atoms with Gasteiger partial charge in [0.2, 0.25) is 0 Å². The van der Waals surface area contributed by atoms with E-state index in [1.165, 1.54) is 44.9 Å². The van der Waals surface area contributed by atoms with Crippen molar-refractivity contribution < 1.29 is 42.7 Å².